The number of allylic oxidation sites excluding steroid dienone is 1. The fourth-order valence-electron chi connectivity index (χ4n) is 5.89. The zero-order valence-corrected chi connectivity index (χ0v) is 19.7. The van der Waals surface area contributed by atoms with Crippen molar-refractivity contribution in [1.82, 2.24) is 9.80 Å². The number of cyclic esters (lactones) is 1. The summed E-state index contributed by atoms with van der Waals surface area (Å²) in [6, 6.07) is -0.846. The maximum Gasteiger partial charge on any atom is 0.312 e. The van der Waals surface area contributed by atoms with E-state index >= 15 is 0 Å². The summed E-state index contributed by atoms with van der Waals surface area (Å²) >= 11 is 0. The van der Waals surface area contributed by atoms with Gasteiger partial charge in [0.1, 0.15) is 17.6 Å². The van der Waals surface area contributed by atoms with Crippen LogP contribution in [-0.2, 0) is 23.9 Å². The van der Waals surface area contributed by atoms with Crippen molar-refractivity contribution in [3.8, 4) is 0 Å². The number of esters is 1. The molecule has 4 aliphatic rings. The van der Waals surface area contributed by atoms with Crippen LogP contribution in [0.15, 0.2) is 24.3 Å². The minimum atomic E-state index is -1.23. The van der Waals surface area contributed by atoms with Crippen molar-refractivity contribution in [3.05, 3.63) is 24.3 Å². The number of aliphatic hydroxyl groups is 1. The Labute approximate surface area is 195 Å². The molecular formula is C25H36N2O6. The molecule has 0 aromatic carbocycles. The SMILES string of the molecule is CCCC(C)N1CC=C[C@]23O[C@H]4/C=C\CCCCOC(=O)[C@H]4[C@H]2C(=O)N(CCCO)C3C1=O. The molecule has 4 heterocycles. The standard InChI is InChI=1S/C25H36N2O6/c1-3-10-17(2)26-13-8-12-25-20(22(29)27(14-9-15-28)21(25)23(26)30)19-18(33-25)11-6-4-5-7-16-32-24(19)31/h6,8,11-12,17-21,28H,3-5,7,9-10,13-16H2,1-2H3/b11-6-/t17?,18-,19+,20-,21?,25-/m0/s1. The Hall–Kier alpha value is -2.19. The molecular weight excluding hydrogens is 424 g/mol. The van der Waals surface area contributed by atoms with Gasteiger partial charge in [-0.25, -0.2) is 0 Å². The van der Waals surface area contributed by atoms with E-state index < -0.39 is 35.6 Å². The maximum absolute atomic E-state index is 13.9. The van der Waals surface area contributed by atoms with Gasteiger partial charge in [-0.3, -0.25) is 14.4 Å². The molecule has 4 aliphatic heterocycles. The van der Waals surface area contributed by atoms with E-state index in [1.807, 2.05) is 36.1 Å². The lowest BCUT2D eigenvalue weighted by molar-refractivity contribution is -0.155. The van der Waals surface area contributed by atoms with E-state index in [9.17, 15) is 19.5 Å². The van der Waals surface area contributed by atoms with Crippen LogP contribution >= 0.6 is 0 Å². The molecule has 8 heteroatoms. The summed E-state index contributed by atoms with van der Waals surface area (Å²) in [7, 11) is 0. The number of rotatable bonds is 6. The Morgan fingerprint density at radius 3 is 2.79 bits per heavy atom. The normalized spacial score (nSPS) is 36.0. The molecule has 0 aliphatic carbocycles. The van der Waals surface area contributed by atoms with Crippen LogP contribution in [0.5, 0.6) is 0 Å². The molecule has 0 saturated carbocycles. The van der Waals surface area contributed by atoms with Crippen molar-refractivity contribution >= 4 is 17.8 Å². The first-order valence-corrected chi connectivity index (χ1v) is 12.4. The smallest absolute Gasteiger partial charge is 0.312 e. The predicted octanol–water partition coefficient (Wildman–Crippen LogP) is 1.82. The molecule has 182 valence electrons. The molecule has 8 nitrogen and oxygen atoms in total. The Balaban J connectivity index is 1.78. The minimum Gasteiger partial charge on any atom is -0.465 e. The van der Waals surface area contributed by atoms with Crippen molar-refractivity contribution in [2.75, 3.05) is 26.3 Å². The van der Waals surface area contributed by atoms with Crippen LogP contribution in [0.4, 0.5) is 0 Å². The lowest BCUT2D eigenvalue weighted by Gasteiger charge is -2.37. The van der Waals surface area contributed by atoms with Crippen LogP contribution < -0.4 is 0 Å². The lowest BCUT2D eigenvalue weighted by atomic mass is 9.78. The number of nitrogens with zero attached hydrogens (tertiary/aromatic N) is 2. The lowest BCUT2D eigenvalue weighted by Crippen LogP contribution is -2.56. The summed E-state index contributed by atoms with van der Waals surface area (Å²) in [4.78, 5) is 44.2. The average Bonchev–Trinajstić information content (AvgIpc) is 3.17. The molecule has 4 rings (SSSR count). The Bertz CT molecular complexity index is 826. The number of fused-ring (bicyclic) bond motifs is 2. The van der Waals surface area contributed by atoms with Crippen molar-refractivity contribution in [2.24, 2.45) is 11.8 Å². The molecule has 0 aromatic heterocycles. The minimum absolute atomic E-state index is 0.0168. The topological polar surface area (TPSA) is 96.4 Å². The first-order valence-electron chi connectivity index (χ1n) is 12.4. The number of amides is 2. The third-order valence-electron chi connectivity index (χ3n) is 7.43. The maximum atomic E-state index is 13.9. The van der Waals surface area contributed by atoms with E-state index in [1.165, 1.54) is 4.90 Å². The van der Waals surface area contributed by atoms with Crippen LogP contribution in [0, 0.1) is 11.8 Å². The van der Waals surface area contributed by atoms with Gasteiger partial charge in [0.2, 0.25) is 11.8 Å². The number of carbonyl (C=O) groups excluding carboxylic acids is 3. The van der Waals surface area contributed by atoms with Gasteiger partial charge < -0.3 is 24.4 Å². The van der Waals surface area contributed by atoms with Crippen molar-refractivity contribution in [2.45, 2.75) is 76.2 Å². The summed E-state index contributed by atoms with van der Waals surface area (Å²) in [6.07, 6.45) is 11.7. The first kappa shape index (κ1) is 24.0. The van der Waals surface area contributed by atoms with Crippen molar-refractivity contribution in [1.29, 1.82) is 0 Å². The highest BCUT2D eigenvalue weighted by Crippen LogP contribution is 2.53. The molecule has 0 radical (unpaired) electrons. The van der Waals surface area contributed by atoms with Crippen LogP contribution in [0.3, 0.4) is 0 Å². The van der Waals surface area contributed by atoms with Gasteiger partial charge in [-0.15, -0.1) is 0 Å². The fourth-order valence-corrected chi connectivity index (χ4v) is 5.89. The second-order valence-electron chi connectivity index (χ2n) is 9.57. The molecule has 2 unspecified atom stereocenters. The second-order valence-corrected chi connectivity index (χ2v) is 9.57. The first-order chi connectivity index (χ1) is 16.0. The summed E-state index contributed by atoms with van der Waals surface area (Å²) in [5.74, 6) is -2.50. The number of carbonyl (C=O) groups is 3. The van der Waals surface area contributed by atoms with Gasteiger partial charge in [0, 0.05) is 25.7 Å². The Kier molecular flexibility index (Phi) is 7.24. The molecule has 1 spiro atoms. The van der Waals surface area contributed by atoms with Crippen LogP contribution in [0.2, 0.25) is 0 Å². The summed E-state index contributed by atoms with van der Waals surface area (Å²) in [5, 5.41) is 9.44. The Morgan fingerprint density at radius 2 is 2.03 bits per heavy atom. The average molecular weight is 461 g/mol. The summed E-state index contributed by atoms with van der Waals surface area (Å²) in [6.45, 7) is 5.00. The second kappa shape index (κ2) is 9.97. The van der Waals surface area contributed by atoms with Crippen LogP contribution in [0.1, 0.15) is 52.4 Å². The molecule has 2 amide bonds. The summed E-state index contributed by atoms with van der Waals surface area (Å²) < 4.78 is 12.1. The van der Waals surface area contributed by atoms with Gasteiger partial charge in [0.15, 0.2) is 0 Å². The molecule has 2 saturated heterocycles. The molecule has 0 bridgehead atoms. The van der Waals surface area contributed by atoms with Crippen LogP contribution in [0.25, 0.3) is 0 Å². The number of aliphatic hydroxyl groups excluding tert-OH is 1. The number of ether oxygens (including phenoxy) is 2. The van der Waals surface area contributed by atoms with E-state index in [-0.39, 0.29) is 31.0 Å². The van der Waals surface area contributed by atoms with Gasteiger partial charge >= 0.3 is 5.97 Å². The zero-order chi connectivity index (χ0) is 23.6. The highest BCUT2D eigenvalue weighted by atomic mass is 16.6. The van der Waals surface area contributed by atoms with E-state index in [2.05, 4.69) is 6.92 Å². The van der Waals surface area contributed by atoms with E-state index in [1.54, 1.807) is 0 Å². The molecule has 0 aromatic rings. The van der Waals surface area contributed by atoms with Crippen LogP contribution in [-0.4, -0.2) is 82.8 Å². The molecule has 33 heavy (non-hydrogen) atoms. The number of likely N-dealkylation sites (tertiary alicyclic amines) is 1. The summed E-state index contributed by atoms with van der Waals surface area (Å²) in [5.41, 5.74) is -1.23. The highest BCUT2D eigenvalue weighted by Gasteiger charge is 2.71. The van der Waals surface area contributed by atoms with Gasteiger partial charge in [0.25, 0.3) is 0 Å². The van der Waals surface area contributed by atoms with E-state index in [0.717, 1.165) is 32.1 Å². The van der Waals surface area contributed by atoms with Crippen molar-refractivity contribution in [3.63, 3.8) is 0 Å². The Morgan fingerprint density at radius 1 is 1.21 bits per heavy atom. The predicted molar refractivity (Wildman–Crippen MR) is 121 cm³/mol. The monoisotopic (exact) mass is 460 g/mol. The van der Waals surface area contributed by atoms with Gasteiger partial charge in [0.05, 0.1) is 18.6 Å². The molecule has 2 fully saturated rings. The highest BCUT2D eigenvalue weighted by molar-refractivity contribution is 5.99. The van der Waals surface area contributed by atoms with Gasteiger partial charge in [-0.2, -0.15) is 0 Å². The quantitative estimate of drug-likeness (QED) is 0.480. The molecule has 6 atom stereocenters. The largest absolute Gasteiger partial charge is 0.465 e. The third kappa shape index (κ3) is 4.12. The van der Waals surface area contributed by atoms with E-state index in [0.29, 0.717) is 19.6 Å². The zero-order valence-electron chi connectivity index (χ0n) is 19.7. The number of hydrogen-bond donors (Lipinski definition) is 1. The number of hydrogen-bond acceptors (Lipinski definition) is 6. The fraction of sp³-hybridized carbons (Fsp3) is 0.720. The van der Waals surface area contributed by atoms with Crippen molar-refractivity contribution < 1.29 is 29.0 Å². The van der Waals surface area contributed by atoms with E-state index in [4.69, 9.17) is 9.47 Å². The molecule has 1 N–H and O–H groups in total. The third-order valence-corrected chi connectivity index (χ3v) is 7.43. The van der Waals surface area contributed by atoms with Gasteiger partial charge in [-0.05, 0) is 39.0 Å². The van der Waals surface area contributed by atoms with Gasteiger partial charge in [-0.1, -0.05) is 37.6 Å².